The van der Waals surface area contributed by atoms with Crippen molar-refractivity contribution in [2.45, 2.75) is 44.2 Å². The van der Waals surface area contributed by atoms with Gasteiger partial charge in [-0.15, -0.1) is 11.3 Å². The summed E-state index contributed by atoms with van der Waals surface area (Å²) in [5.41, 5.74) is 3.00. The third-order valence-corrected chi connectivity index (χ3v) is 6.63. The lowest BCUT2D eigenvalue weighted by Crippen LogP contribution is -2.28. The van der Waals surface area contributed by atoms with Crippen LogP contribution in [-0.4, -0.2) is 44.1 Å². The van der Waals surface area contributed by atoms with Gasteiger partial charge in [-0.2, -0.15) is 5.10 Å². The standard InChI is InChI=1S/C23H25N5O2S/c1-30-19-8-4-17(5-9-19)28-14-15(13-24-28)12-21-26-20-10-11-31-22(20)23(27-21)25-16-2-6-18(29)7-3-16/h4-5,8-11,13-14,16,18,29H,2-3,6-7,12H2,1H3,(H,25,26,27). The van der Waals surface area contributed by atoms with E-state index in [1.807, 2.05) is 47.4 Å². The number of benzene rings is 1. The Balaban J connectivity index is 1.36. The summed E-state index contributed by atoms with van der Waals surface area (Å²) in [6.07, 6.45) is 7.92. The molecule has 1 saturated carbocycles. The van der Waals surface area contributed by atoms with Gasteiger partial charge in [0.25, 0.3) is 0 Å². The Morgan fingerprint density at radius 3 is 2.71 bits per heavy atom. The first-order chi connectivity index (χ1) is 15.2. The zero-order valence-electron chi connectivity index (χ0n) is 17.4. The second-order valence-corrected chi connectivity index (χ2v) is 8.86. The average Bonchev–Trinajstić information content (AvgIpc) is 3.45. The van der Waals surface area contributed by atoms with Crippen molar-refractivity contribution in [3.63, 3.8) is 0 Å². The van der Waals surface area contributed by atoms with Crippen molar-refractivity contribution in [3.05, 3.63) is 59.5 Å². The van der Waals surface area contributed by atoms with Gasteiger partial charge in [-0.1, -0.05) is 0 Å². The number of rotatable bonds is 6. The van der Waals surface area contributed by atoms with Gasteiger partial charge in [0.15, 0.2) is 0 Å². The van der Waals surface area contributed by atoms with Gasteiger partial charge in [0.05, 0.1) is 35.3 Å². The molecule has 1 aromatic carbocycles. The minimum absolute atomic E-state index is 0.164. The largest absolute Gasteiger partial charge is 0.497 e. The fourth-order valence-corrected chi connectivity index (χ4v) is 4.80. The molecule has 0 bridgehead atoms. The first kappa shape index (κ1) is 20.0. The Hall–Kier alpha value is -2.97. The number of nitrogens with one attached hydrogen (secondary N) is 1. The van der Waals surface area contributed by atoms with Crippen molar-refractivity contribution < 1.29 is 9.84 Å². The van der Waals surface area contributed by atoms with Crippen LogP contribution in [0.4, 0.5) is 5.82 Å². The molecule has 0 aliphatic heterocycles. The summed E-state index contributed by atoms with van der Waals surface area (Å²) in [5.74, 6) is 2.50. The summed E-state index contributed by atoms with van der Waals surface area (Å²) in [6, 6.07) is 10.2. The van der Waals surface area contributed by atoms with Gasteiger partial charge in [-0.05, 0) is 67.0 Å². The maximum atomic E-state index is 9.79. The van der Waals surface area contributed by atoms with Crippen molar-refractivity contribution >= 4 is 27.4 Å². The van der Waals surface area contributed by atoms with E-state index in [4.69, 9.17) is 14.7 Å². The van der Waals surface area contributed by atoms with E-state index in [-0.39, 0.29) is 6.10 Å². The number of aliphatic hydroxyl groups is 1. The van der Waals surface area contributed by atoms with E-state index < -0.39 is 0 Å². The topological polar surface area (TPSA) is 85.1 Å². The van der Waals surface area contributed by atoms with Crippen LogP contribution in [0.2, 0.25) is 0 Å². The zero-order valence-corrected chi connectivity index (χ0v) is 18.2. The molecule has 1 fully saturated rings. The van der Waals surface area contributed by atoms with E-state index in [0.29, 0.717) is 12.5 Å². The highest BCUT2D eigenvalue weighted by atomic mass is 32.1. The number of aromatic nitrogens is 4. The second kappa shape index (κ2) is 8.64. The van der Waals surface area contributed by atoms with Gasteiger partial charge >= 0.3 is 0 Å². The van der Waals surface area contributed by atoms with Crippen molar-refractivity contribution in [2.75, 3.05) is 12.4 Å². The van der Waals surface area contributed by atoms with Crippen LogP contribution in [0.3, 0.4) is 0 Å². The molecule has 4 aromatic rings. The Morgan fingerprint density at radius 1 is 1.13 bits per heavy atom. The molecule has 3 aromatic heterocycles. The number of hydrogen-bond donors (Lipinski definition) is 2. The van der Waals surface area contributed by atoms with Gasteiger partial charge in [0, 0.05) is 18.7 Å². The smallest absolute Gasteiger partial charge is 0.148 e. The molecule has 1 aliphatic carbocycles. The van der Waals surface area contributed by atoms with Crippen LogP contribution in [0.5, 0.6) is 5.75 Å². The van der Waals surface area contributed by atoms with E-state index in [2.05, 4.69) is 15.8 Å². The number of nitrogens with zero attached hydrogens (tertiary/aromatic N) is 4. The minimum Gasteiger partial charge on any atom is -0.497 e. The fraction of sp³-hybridized carbons (Fsp3) is 0.348. The summed E-state index contributed by atoms with van der Waals surface area (Å²) in [5, 5.41) is 20.0. The average molecular weight is 436 g/mol. The molecule has 2 N–H and O–H groups in total. The molecule has 0 saturated heterocycles. The first-order valence-electron chi connectivity index (χ1n) is 10.5. The number of hydrogen-bond acceptors (Lipinski definition) is 7. The van der Waals surface area contributed by atoms with E-state index in [1.165, 1.54) is 0 Å². The summed E-state index contributed by atoms with van der Waals surface area (Å²) in [6.45, 7) is 0. The van der Waals surface area contributed by atoms with Crippen LogP contribution in [0, 0.1) is 0 Å². The quantitative estimate of drug-likeness (QED) is 0.472. The van der Waals surface area contributed by atoms with Gasteiger partial charge in [-0.25, -0.2) is 14.6 Å². The predicted octanol–water partition coefficient (Wildman–Crippen LogP) is 4.19. The number of thiophene rings is 1. The molecule has 0 atom stereocenters. The SMILES string of the molecule is COc1ccc(-n2cc(Cc3nc(NC4CCC(O)CC4)c4sccc4n3)cn2)cc1. The van der Waals surface area contributed by atoms with Gasteiger partial charge in [-0.3, -0.25) is 0 Å². The summed E-state index contributed by atoms with van der Waals surface area (Å²) in [7, 11) is 1.66. The highest BCUT2D eigenvalue weighted by Crippen LogP contribution is 2.29. The summed E-state index contributed by atoms with van der Waals surface area (Å²) >= 11 is 1.66. The van der Waals surface area contributed by atoms with E-state index in [9.17, 15) is 5.11 Å². The predicted molar refractivity (Wildman–Crippen MR) is 122 cm³/mol. The molecule has 0 unspecified atom stereocenters. The highest BCUT2D eigenvalue weighted by molar-refractivity contribution is 7.17. The van der Waals surface area contributed by atoms with Crippen LogP contribution in [0.15, 0.2) is 48.1 Å². The molecule has 0 radical (unpaired) electrons. The third kappa shape index (κ3) is 4.40. The Morgan fingerprint density at radius 2 is 1.94 bits per heavy atom. The number of anilines is 1. The lowest BCUT2D eigenvalue weighted by atomic mass is 9.93. The molecule has 7 nitrogen and oxygen atoms in total. The third-order valence-electron chi connectivity index (χ3n) is 5.72. The molecule has 0 spiro atoms. The van der Waals surface area contributed by atoms with Crippen LogP contribution in [0.1, 0.15) is 37.1 Å². The number of methoxy groups -OCH3 is 1. The number of aliphatic hydroxyl groups excluding tert-OH is 1. The molecular weight excluding hydrogens is 410 g/mol. The fourth-order valence-electron chi connectivity index (χ4n) is 4.01. The molecule has 1 aliphatic rings. The Labute approximate surface area is 184 Å². The summed E-state index contributed by atoms with van der Waals surface area (Å²) in [4.78, 5) is 9.63. The van der Waals surface area contributed by atoms with Crippen molar-refractivity contribution in [3.8, 4) is 11.4 Å². The van der Waals surface area contributed by atoms with Crippen LogP contribution >= 0.6 is 11.3 Å². The zero-order chi connectivity index (χ0) is 21.2. The molecule has 31 heavy (non-hydrogen) atoms. The number of fused-ring (bicyclic) bond motifs is 1. The van der Waals surface area contributed by atoms with E-state index in [1.54, 1.807) is 18.4 Å². The maximum absolute atomic E-state index is 9.79. The van der Waals surface area contributed by atoms with Crippen molar-refractivity contribution in [2.24, 2.45) is 0 Å². The Kier molecular flexibility index (Phi) is 5.57. The summed E-state index contributed by atoms with van der Waals surface area (Å²) < 4.78 is 8.16. The monoisotopic (exact) mass is 435 g/mol. The van der Waals surface area contributed by atoms with Crippen LogP contribution in [-0.2, 0) is 6.42 Å². The molecule has 160 valence electrons. The lowest BCUT2D eigenvalue weighted by Gasteiger charge is -2.26. The van der Waals surface area contributed by atoms with Gasteiger partial charge in [0.2, 0.25) is 0 Å². The van der Waals surface area contributed by atoms with Crippen molar-refractivity contribution in [1.29, 1.82) is 0 Å². The molecule has 8 heteroatoms. The lowest BCUT2D eigenvalue weighted by molar-refractivity contribution is 0.126. The molecular formula is C23H25N5O2S. The highest BCUT2D eigenvalue weighted by Gasteiger charge is 2.21. The van der Waals surface area contributed by atoms with Crippen LogP contribution in [0.25, 0.3) is 15.9 Å². The first-order valence-corrected chi connectivity index (χ1v) is 11.4. The molecule has 3 heterocycles. The maximum Gasteiger partial charge on any atom is 0.148 e. The second-order valence-electron chi connectivity index (χ2n) is 7.94. The minimum atomic E-state index is -0.164. The van der Waals surface area contributed by atoms with Crippen molar-refractivity contribution in [1.82, 2.24) is 19.7 Å². The van der Waals surface area contributed by atoms with E-state index >= 15 is 0 Å². The molecule has 5 rings (SSSR count). The Bertz CT molecular complexity index is 1160. The van der Waals surface area contributed by atoms with Gasteiger partial charge < -0.3 is 15.2 Å². The van der Waals surface area contributed by atoms with Gasteiger partial charge in [0.1, 0.15) is 17.4 Å². The molecule has 0 amide bonds. The van der Waals surface area contributed by atoms with E-state index in [0.717, 1.165) is 64.5 Å². The normalized spacial score (nSPS) is 18.9. The number of ether oxygens (including phenoxy) is 1. The van der Waals surface area contributed by atoms with Crippen LogP contribution < -0.4 is 10.1 Å².